The van der Waals surface area contributed by atoms with Crippen LogP contribution < -0.4 is 5.32 Å². The van der Waals surface area contributed by atoms with Crippen molar-refractivity contribution in [3.8, 4) is 0 Å². The summed E-state index contributed by atoms with van der Waals surface area (Å²) in [7, 11) is 0. The number of benzene rings is 1. The zero-order valence-electron chi connectivity index (χ0n) is 11.4. The van der Waals surface area contributed by atoms with Gasteiger partial charge in [-0.05, 0) is 37.5 Å². The lowest BCUT2D eigenvalue weighted by molar-refractivity contribution is 0.0830. The minimum Gasteiger partial charge on any atom is -0.396 e. The second-order valence-electron chi connectivity index (χ2n) is 5.69. The molecular formula is C15H20FNO2. The van der Waals surface area contributed by atoms with E-state index in [0.29, 0.717) is 11.1 Å². The van der Waals surface area contributed by atoms with Crippen molar-refractivity contribution in [2.75, 3.05) is 6.61 Å². The second-order valence-corrected chi connectivity index (χ2v) is 5.69. The molecule has 0 heterocycles. The molecule has 1 aliphatic carbocycles. The minimum atomic E-state index is -0.371. The first-order valence-electron chi connectivity index (χ1n) is 6.64. The van der Waals surface area contributed by atoms with Crippen molar-refractivity contribution in [3.63, 3.8) is 0 Å². The van der Waals surface area contributed by atoms with Crippen molar-refractivity contribution >= 4 is 5.91 Å². The van der Waals surface area contributed by atoms with Crippen LogP contribution in [0.5, 0.6) is 0 Å². The number of hydrogen-bond donors (Lipinski definition) is 2. The van der Waals surface area contributed by atoms with Gasteiger partial charge in [0.25, 0.3) is 5.91 Å². The lowest BCUT2D eigenvalue weighted by atomic mass is 9.85. The maximum atomic E-state index is 13.5. The second kappa shape index (κ2) is 5.29. The molecule has 0 spiro atoms. The van der Waals surface area contributed by atoms with Gasteiger partial charge in [-0.25, -0.2) is 4.39 Å². The maximum absolute atomic E-state index is 13.5. The molecule has 0 aliphatic heterocycles. The number of carbonyl (C=O) groups is 1. The molecule has 0 saturated heterocycles. The first-order valence-corrected chi connectivity index (χ1v) is 6.64. The topological polar surface area (TPSA) is 49.3 Å². The summed E-state index contributed by atoms with van der Waals surface area (Å²) < 4.78 is 13.5. The zero-order chi connectivity index (χ0) is 14.0. The molecule has 1 aromatic carbocycles. The normalized spacial score (nSPS) is 26.4. The van der Waals surface area contributed by atoms with Gasteiger partial charge < -0.3 is 10.4 Å². The average molecular weight is 265 g/mol. The average Bonchev–Trinajstić information content (AvgIpc) is 2.75. The standard InChI is InChI=1S/C15H20FNO2/c1-10-5-6-11(8-12(10)16)14(19)17-13-4-3-7-15(13,2)9-18/h5-6,8,13,18H,3-4,7,9H2,1-2H3,(H,17,19). The Morgan fingerprint density at radius 1 is 1.58 bits per heavy atom. The molecule has 1 aliphatic rings. The maximum Gasteiger partial charge on any atom is 0.251 e. The monoisotopic (exact) mass is 265 g/mol. The summed E-state index contributed by atoms with van der Waals surface area (Å²) in [6.07, 6.45) is 2.75. The van der Waals surface area contributed by atoms with E-state index in [4.69, 9.17) is 0 Å². The number of hydrogen-bond acceptors (Lipinski definition) is 2. The molecule has 2 atom stereocenters. The highest BCUT2D eigenvalue weighted by Crippen LogP contribution is 2.37. The molecular weight excluding hydrogens is 245 g/mol. The van der Waals surface area contributed by atoms with Gasteiger partial charge in [0.2, 0.25) is 0 Å². The highest BCUT2D eigenvalue weighted by Gasteiger charge is 2.39. The molecule has 2 unspecified atom stereocenters. The number of amides is 1. The summed E-state index contributed by atoms with van der Waals surface area (Å²) in [5, 5.41) is 12.4. The van der Waals surface area contributed by atoms with Crippen molar-refractivity contribution in [1.29, 1.82) is 0 Å². The fraction of sp³-hybridized carbons (Fsp3) is 0.533. The van der Waals surface area contributed by atoms with Gasteiger partial charge in [-0.3, -0.25) is 4.79 Å². The van der Waals surface area contributed by atoms with Crippen molar-refractivity contribution in [1.82, 2.24) is 5.32 Å². The Hall–Kier alpha value is -1.42. The Morgan fingerprint density at radius 2 is 2.32 bits per heavy atom. The van der Waals surface area contributed by atoms with E-state index < -0.39 is 0 Å². The smallest absolute Gasteiger partial charge is 0.251 e. The van der Waals surface area contributed by atoms with Gasteiger partial charge in [-0.15, -0.1) is 0 Å². The van der Waals surface area contributed by atoms with Crippen LogP contribution in [0, 0.1) is 18.2 Å². The molecule has 0 aromatic heterocycles. The van der Waals surface area contributed by atoms with E-state index in [1.165, 1.54) is 6.07 Å². The fourth-order valence-electron chi connectivity index (χ4n) is 2.64. The van der Waals surface area contributed by atoms with Gasteiger partial charge in [-0.2, -0.15) is 0 Å². The molecule has 1 amide bonds. The summed E-state index contributed by atoms with van der Waals surface area (Å²) in [4.78, 5) is 12.1. The third kappa shape index (κ3) is 2.78. The van der Waals surface area contributed by atoms with Gasteiger partial charge in [0.05, 0.1) is 6.61 Å². The van der Waals surface area contributed by atoms with Crippen molar-refractivity contribution in [3.05, 3.63) is 35.1 Å². The molecule has 3 nitrogen and oxygen atoms in total. The van der Waals surface area contributed by atoms with Crippen LogP contribution in [0.4, 0.5) is 4.39 Å². The van der Waals surface area contributed by atoms with Crippen LogP contribution in [0.25, 0.3) is 0 Å². The quantitative estimate of drug-likeness (QED) is 0.881. The third-order valence-corrected chi connectivity index (χ3v) is 4.18. The van der Waals surface area contributed by atoms with Gasteiger partial charge in [0.15, 0.2) is 0 Å². The van der Waals surface area contributed by atoms with Gasteiger partial charge >= 0.3 is 0 Å². The number of carbonyl (C=O) groups excluding carboxylic acids is 1. The first-order chi connectivity index (χ1) is 8.96. The Balaban J connectivity index is 2.10. The van der Waals surface area contributed by atoms with E-state index in [0.717, 1.165) is 19.3 Å². The Bertz CT molecular complexity index is 489. The Labute approximate surface area is 112 Å². The van der Waals surface area contributed by atoms with Gasteiger partial charge in [0.1, 0.15) is 5.82 Å². The number of nitrogens with one attached hydrogen (secondary N) is 1. The third-order valence-electron chi connectivity index (χ3n) is 4.18. The predicted octanol–water partition coefficient (Wildman–Crippen LogP) is 2.42. The van der Waals surface area contributed by atoms with Crippen LogP contribution >= 0.6 is 0 Å². The lowest BCUT2D eigenvalue weighted by Gasteiger charge is -2.30. The summed E-state index contributed by atoms with van der Waals surface area (Å²) >= 11 is 0. The van der Waals surface area contributed by atoms with Crippen LogP contribution in [0.1, 0.15) is 42.1 Å². The largest absolute Gasteiger partial charge is 0.396 e. The SMILES string of the molecule is Cc1ccc(C(=O)NC2CCCC2(C)CO)cc1F. The van der Waals surface area contributed by atoms with E-state index in [1.54, 1.807) is 19.1 Å². The van der Waals surface area contributed by atoms with E-state index >= 15 is 0 Å². The van der Waals surface area contributed by atoms with Crippen LogP contribution in [-0.4, -0.2) is 23.7 Å². The molecule has 4 heteroatoms. The first kappa shape index (κ1) is 14.0. The minimum absolute atomic E-state index is 0.0469. The van der Waals surface area contributed by atoms with E-state index in [9.17, 15) is 14.3 Å². The highest BCUT2D eigenvalue weighted by molar-refractivity contribution is 5.94. The number of rotatable bonds is 3. The summed E-state index contributed by atoms with van der Waals surface area (Å²) in [6, 6.07) is 4.44. The Kier molecular flexibility index (Phi) is 3.90. The van der Waals surface area contributed by atoms with E-state index in [1.807, 2.05) is 6.92 Å². The van der Waals surface area contributed by atoms with Gasteiger partial charge in [-0.1, -0.05) is 19.4 Å². The lowest BCUT2D eigenvalue weighted by Crippen LogP contribution is -2.44. The molecule has 2 N–H and O–H groups in total. The Morgan fingerprint density at radius 3 is 2.95 bits per heavy atom. The number of aliphatic hydroxyl groups excluding tert-OH is 1. The van der Waals surface area contributed by atoms with Crippen LogP contribution in [-0.2, 0) is 0 Å². The van der Waals surface area contributed by atoms with Crippen LogP contribution in [0.15, 0.2) is 18.2 Å². The van der Waals surface area contributed by atoms with Crippen molar-refractivity contribution in [2.45, 2.75) is 39.2 Å². The zero-order valence-corrected chi connectivity index (χ0v) is 11.4. The highest BCUT2D eigenvalue weighted by atomic mass is 19.1. The summed E-state index contributed by atoms with van der Waals surface area (Å²) in [5.41, 5.74) is 0.590. The van der Waals surface area contributed by atoms with Gasteiger partial charge in [0, 0.05) is 17.0 Å². The van der Waals surface area contributed by atoms with Crippen molar-refractivity contribution in [2.24, 2.45) is 5.41 Å². The molecule has 1 fully saturated rings. The number of aryl methyl sites for hydroxylation is 1. The molecule has 104 valence electrons. The molecule has 1 aromatic rings. The van der Waals surface area contributed by atoms with Crippen molar-refractivity contribution < 1.29 is 14.3 Å². The fourth-order valence-corrected chi connectivity index (χ4v) is 2.64. The molecule has 0 bridgehead atoms. The summed E-state index contributed by atoms with van der Waals surface area (Å²) in [5.74, 6) is -0.644. The number of halogens is 1. The van der Waals surface area contributed by atoms with E-state index in [2.05, 4.69) is 5.32 Å². The number of aliphatic hydroxyl groups is 1. The van der Waals surface area contributed by atoms with Crippen LogP contribution in [0.3, 0.4) is 0 Å². The molecule has 0 radical (unpaired) electrons. The predicted molar refractivity (Wildman–Crippen MR) is 71.4 cm³/mol. The molecule has 19 heavy (non-hydrogen) atoms. The molecule has 2 rings (SSSR count). The molecule has 1 saturated carbocycles. The van der Waals surface area contributed by atoms with E-state index in [-0.39, 0.29) is 29.8 Å². The van der Waals surface area contributed by atoms with Crippen LogP contribution in [0.2, 0.25) is 0 Å². The summed E-state index contributed by atoms with van der Waals surface area (Å²) in [6.45, 7) is 3.69.